The van der Waals surface area contributed by atoms with Gasteiger partial charge in [0.25, 0.3) is 0 Å². The van der Waals surface area contributed by atoms with Crippen molar-refractivity contribution in [3.8, 4) is 0 Å². The summed E-state index contributed by atoms with van der Waals surface area (Å²) in [6.07, 6.45) is 7.53. The highest BCUT2D eigenvalue weighted by Crippen LogP contribution is 2.31. The van der Waals surface area contributed by atoms with Gasteiger partial charge in [-0.3, -0.25) is 4.98 Å². The van der Waals surface area contributed by atoms with E-state index in [1.54, 1.807) is 12.4 Å². The molecule has 0 radical (unpaired) electrons. The third-order valence-corrected chi connectivity index (χ3v) is 3.90. The van der Waals surface area contributed by atoms with Crippen LogP contribution in [0.4, 0.5) is 5.69 Å². The van der Waals surface area contributed by atoms with Crippen LogP contribution in [0, 0.1) is 11.8 Å². The molecule has 2 unspecified atom stereocenters. The smallest absolute Gasteiger partial charge is 0.106 e. The SMILES string of the molecule is CC1CCCC1CNc1cnccc1C(N)=S. The molecule has 1 fully saturated rings. The number of aromatic nitrogens is 1. The van der Waals surface area contributed by atoms with Gasteiger partial charge in [0.2, 0.25) is 0 Å². The largest absolute Gasteiger partial charge is 0.389 e. The second-order valence-corrected chi connectivity index (χ2v) is 5.27. The van der Waals surface area contributed by atoms with Crippen LogP contribution in [0.3, 0.4) is 0 Å². The van der Waals surface area contributed by atoms with E-state index in [0.29, 0.717) is 4.99 Å². The third kappa shape index (κ3) is 2.94. The normalized spacial score (nSPS) is 23.6. The number of hydrogen-bond donors (Lipinski definition) is 2. The van der Waals surface area contributed by atoms with Crippen LogP contribution in [0.2, 0.25) is 0 Å². The van der Waals surface area contributed by atoms with Crippen LogP contribution in [-0.2, 0) is 0 Å². The van der Waals surface area contributed by atoms with Crippen LogP contribution in [0.1, 0.15) is 31.7 Å². The molecular weight excluding hydrogens is 230 g/mol. The highest BCUT2D eigenvalue weighted by atomic mass is 32.1. The topological polar surface area (TPSA) is 50.9 Å². The number of hydrogen-bond acceptors (Lipinski definition) is 3. The molecule has 17 heavy (non-hydrogen) atoms. The zero-order valence-corrected chi connectivity index (χ0v) is 11.0. The predicted octanol–water partition coefficient (Wildman–Crippen LogP) is 2.56. The quantitative estimate of drug-likeness (QED) is 0.805. The molecule has 92 valence electrons. The first-order valence-corrected chi connectivity index (χ1v) is 6.57. The summed E-state index contributed by atoms with van der Waals surface area (Å²) in [5, 5.41) is 3.44. The van der Waals surface area contributed by atoms with E-state index < -0.39 is 0 Å². The lowest BCUT2D eigenvalue weighted by molar-refractivity contribution is 0.439. The Morgan fingerprint density at radius 2 is 2.41 bits per heavy atom. The minimum absolute atomic E-state index is 0.425. The Balaban J connectivity index is 2.01. The van der Waals surface area contributed by atoms with Crippen LogP contribution in [0.5, 0.6) is 0 Å². The Labute approximate surface area is 108 Å². The average Bonchev–Trinajstić information content (AvgIpc) is 2.72. The highest BCUT2D eigenvalue weighted by molar-refractivity contribution is 7.80. The van der Waals surface area contributed by atoms with Crippen molar-refractivity contribution in [2.75, 3.05) is 11.9 Å². The first-order chi connectivity index (χ1) is 8.18. The van der Waals surface area contributed by atoms with Crippen LogP contribution in [0.15, 0.2) is 18.5 Å². The van der Waals surface area contributed by atoms with E-state index in [4.69, 9.17) is 18.0 Å². The van der Waals surface area contributed by atoms with Crippen molar-refractivity contribution in [1.29, 1.82) is 0 Å². The van der Waals surface area contributed by atoms with Gasteiger partial charge in [-0.15, -0.1) is 0 Å². The molecule has 2 rings (SSSR count). The van der Waals surface area contributed by atoms with Crippen LogP contribution >= 0.6 is 12.2 Å². The summed E-state index contributed by atoms with van der Waals surface area (Å²) >= 11 is 5.03. The molecule has 1 aliphatic carbocycles. The molecule has 1 aromatic heterocycles. The zero-order chi connectivity index (χ0) is 12.3. The fourth-order valence-electron chi connectivity index (χ4n) is 2.52. The summed E-state index contributed by atoms with van der Waals surface area (Å²) in [6.45, 7) is 3.32. The van der Waals surface area contributed by atoms with Crippen molar-refractivity contribution in [2.45, 2.75) is 26.2 Å². The van der Waals surface area contributed by atoms with Gasteiger partial charge in [0.1, 0.15) is 4.99 Å². The minimum atomic E-state index is 0.425. The van der Waals surface area contributed by atoms with Gasteiger partial charge in [-0.05, 0) is 24.3 Å². The van der Waals surface area contributed by atoms with Crippen molar-refractivity contribution >= 4 is 22.9 Å². The molecule has 0 amide bonds. The van der Waals surface area contributed by atoms with Crippen molar-refractivity contribution in [3.05, 3.63) is 24.0 Å². The molecule has 0 bridgehead atoms. The maximum atomic E-state index is 5.69. The summed E-state index contributed by atoms with van der Waals surface area (Å²) in [4.78, 5) is 4.54. The van der Waals surface area contributed by atoms with Gasteiger partial charge in [-0.25, -0.2) is 0 Å². The molecule has 1 aliphatic rings. The molecule has 2 atom stereocenters. The molecule has 4 heteroatoms. The second-order valence-electron chi connectivity index (χ2n) is 4.83. The number of nitrogens with one attached hydrogen (secondary N) is 1. The Morgan fingerprint density at radius 3 is 3.06 bits per heavy atom. The maximum absolute atomic E-state index is 5.69. The number of rotatable bonds is 4. The lowest BCUT2D eigenvalue weighted by Gasteiger charge is -2.18. The van der Waals surface area contributed by atoms with Gasteiger partial charge in [-0.2, -0.15) is 0 Å². The van der Waals surface area contributed by atoms with Gasteiger partial charge >= 0.3 is 0 Å². The summed E-state index contributed by atoms with van der Waals surface area (Å²) in [7, 11) is 0. The Morgan fingerprint density at radius 1 is 1.59 bits per heavy atom. The van der Waals surface area contributed by atoms with Crippen LogP contribution < -0.4 is 11.1 Å². The third-order valence-electron chi connectivity index (χ3n) is 3.68. The number of nitrogens with zero attached hydrogens (tertiary/aromatic N) is 1. The van der Waals surface area contributed by atoms with E-state index in [9.17, 15) is 0 Å². The first-order valence-electron chi connectivity index (χ1n) is 6.16. The van der Waals surface area contributed by atoms with E-state index in [1.165, 1.54) is 19.3 Å². The standard InChI is InChI=1S/C13H19N3S/c1-9-3-2-4-10(9)7-16-12-8-15-6-5-11(12)13(14)17/h5-6,8-10,16H,2-4,7H2,1H3,(H2,14,17). The van der Waals surface area contributed by atoms with Gasteiger partial charge in [0, 0.05) is 18.3 Å². The highest BCUT2D eigenvalue weighted by Gasteiger charge is 2.23. The molecule has 3 nitrogen and oxygen atoms in total. The molecule has 0 saturated heterocycles. The predicted molar refractivity (Wildman–Crippen MR) is 75.1 cm³/mol. The molecule has 1 saturated carbocycles. The number of nitrogens with two attached hydrogens (primary N) is 1. The van der Waals surface area contributed by atoms with Crippen molar-refractivity contribution in [1.82, 2.24) is 4.98 Å². The number of pyridine rings is 1. The molecule has 0 aliphatic heterocycles. The molecule has 1 heterocycles. The van der Waals surface area contributed by atoms with Crippen molar-refractivity contribution in [2.24, 2.45) is 17.6 Å². The van der Waals surface area contributed by atoms with Gasteiger partial charge in [-0.1, -0.05) is 32.0 Å². The molecule has 1 aromatic rings. The van der Waals surface area contributed by atoms with Crippen LogP contribution in [-0.4, -0.2) is 16.5 Å². The zero-order valence-electron chi connectivity index (χ0n) is 10.1. The maximum Gasteiger partial charge on any atom is 0.106 e. The molecule has 0 spiro atoms. The fourth-order valence-corrected chi connectivity index (χ4v) is 2.69. The number of thiocarbonyl (C=S) groups is 1. The number of anilines is 1. The summed E-state index contributed by atoms with van der Waals surface area (Å²) in [6, 6.07) is 1.86. The fraction of sp³-hybridized carbons (Fsp3) is 0.538. The molecule has 3 N–H and O–H groups in total. The van der Waals surface area contributed by atoms with E-state index >= 15 is 0 Å². The lowest BCUT2D eigenvalue weighted by atomic mass is 9.98. The van der Waals surface area contributed by atoms with Gasteiger partial charge in [0.05, 0.1) is 11.9 Å². The van der Waals surface area contributed by atoms with Gasteiger partial charge in [0.15, 0.2) is 0 Å². The minimum Gasteiger partial charge on any atom is -0.389 e. The monoisotopic (exact) mass is 249 g/mol. The van der Waals surface area contributed by atoms with E-state index in [1.807, 2.05) is 6.07 Å². The first kappa shape index (κ1) is 12.3. The Bertz CT molecular complexity index is 405. The van der Waals surface area contributed by atoms with E-state index in [0.717, 1.165) is 29.6 Å². The Kier molecular flexibility index (Phi) is 3.94. The molecule has 0 aromatic carbocycles. The second kappa shape index (κ2) is 5.45. The van der Waals surface area contributed by atoms with Gasteiger partial charge < -0.3 is 11.1 Å². The molecular formula is C13H19N3S. The van der Waals surface area contributed by atoms with E-state index in [-0.39, 0.29) is 0 Å². The summed E-state index contributed by atoms with van der Waals surface area (Å²) in [5.74, 6) is 1.57. The average molecular weight is 249 g/mol. The van der Waals surface area contributed by atoms with Crippen molar-refractivity contribution < 1.29 is 0 Å². The summed E-state index contributed by atoms with van der Waals surface area (Å²) < 4.78 is 0. The van der Waals surface area contributed by atoms with Crippen molar-refractivity contribution in [3.63, 3.8) is 0 Å². The summed E-state index contributed by atoms with van der Waals surface area (Å²) in [5.41, 5.74) is 7.54. The lowest BCUT2D eigenvalue weighted by Crippen LogP contribution is -2.19. The Hall–Kier alpha value is -1.16. The van der Waals surface area contributed by atoms with E-state index in [2.05, 4.69) is 17.2 Å². The van der Waals surface area contributed by atoms with Crippen LogP contribution in [0.25, 0.3) is 0 Å².